The largest absolute Gasteiger partial charge is 0.282 e. The zero-order chi connectivity index (χ0) is 12.5. The Morgan fingerprint density at radius 1 is 1.11 bits per heavy atom. The Morgan fingerprint density at radius 2 is 1.89 bits per heavy atom. The lowest BCUT2D eigenvalue weighted by atomic mass is 10.3. The Hall–Kier alpha value is -0.980. The Labute approximate surface area is 125 Å². The van der Waals surface area contributed by atoms with Gasteiger partial charge in [-0.05, 0) is 50.1 Å². The van der Waals surface area contributed by atoms with Crippen molar-refractivity contribution in [3.8, 4) is 17.1 Å². The second-order valence-corrected chi connectivity index (χ2v) is 7.35. The highest BCUT2D eigenvalue weighted by atomic mass is 79.9. The third-order valence-electron chi connectivity index (χ3n) is 2.48. The van der Waals surface area contributed by atoms with Crippen molar-refractivity contribution in [2.24, 2.45) is 0 Å². The van der Waals surface area contributed by atoms with Gasteiger partial charge in [-0.2, -0.15) is 0 Å². The van der Waals surface area contributed by atoms with Crippen LogP contribution in [0.2, 0.25) is 0 Å². The quantitative estimate of drug-likeness (QED) is 0.650. The Kier molecular flexibility index (Phi) is 3.32. The molecule has 0 unspecified atom stereocenters. The minimum absolute atomic E-state index is 0.829. The zero-order valence-electron chi connectivity index (χ0n) is 9.05. The van der Waals surface area contributed by atoms with Gasteiger partial charge in [0.1, 0.15) is 6.33 Å². The molecule has 0 N–H and O–H groups in total. The van der Waals surface area contributed by atoms with Crippen LogP contribution in [0.3, 0.4) is 0 Å². The summed E-state index contributed by atoms with van der Waals surface area (Å²) in [5.74, 6) is 0.829. The fourth-order valence-electron chi connectivity index (χ4n) is 1.69. The number of halogens is 2. The molecule has 0 aliphatic carbocycles. The summed E-state index contributed by atoms with van der Waals surface area (Å²) in [5, 5.41) is 8.21. The molecule has 0 atom stereocenters. The van der Waals surface area contributed by atoms with Gasteiger partial charge >= 0.3 is 0 Å². The van der Waals surface area contributed by atoms with Crippen LogP contribution in [0, 0.1) is 0 Å². The molecule has 6 heteroatoms. The number of nitrogens with zero attached hydrogens (tertiary/aromatic N) is 3. The summed E-state index contributed by atoms with van der Waals surface area (Å²) in [4.78, 5) is 0. The van der Waals surface area contributed by atoms with E-state index in [1.807, 2.05) is 41.0 Å². The predicted octanol–water partition coefficient (Wildman–Crippen LogP) is 4.52. The molecule has 0 saturated carbocycles. The van der Waals surface area contributed by atoms with E-state index < -0.39 is 0 Å². The number of rotatable bonds is 2. The molecule has 0 fully saturated rings. The SMILES string of the molecule is Brc1cc(-c2nncn2-c2ccccc2)c(Br)s1. The van der Waals surface area contributed by atoms with Crippen molar-refractivity contribution < 1.29 is 0 Å². The summed E-state index contributed by atoms with van der Waals surface area (Å²) in [5.41, 5.74) is 2.08. The maximum absolute atomic E-state index is 4.21. The molecule has 0 spiro atoms. The maximum atomic E-state index is 4.21. The first-order valence-electron chi connectivity index (χ1n) is 5.16. The van der Waals surface area contributed by atoms with Gasteiger partial charge in [-0.15, -0.1) is 21.5 Å². The molecular formula is C12H7Br2N3S. The van der Waals surface area contributed by atoms with Crippen molar-refractivity contribution in [2.75, 3.05) is 0 Å². The smallest absolute Gasteiger partial charge is 0.170 e. The summed E-state index contributed by atoms with van der Waals surface area (Å²) in [6.45, 7) is 0. The molecule has 1 aromatic carbocycles. The van der Waals surface area contributed by atoms with Crippen LogP contribution in [0.25, 0.3) is 17.1 Å². The van der Waals surface area contributed by atoms with E-state index in [2.05, 4.69) is 42.1 Å². The normalized spacial score (nSPS) is 10.8. The second-order valence-electron chi connectivity index (χ2n) is 3.60. The third kappa shape index (κ3) is 2.15. The number of hydrogen-bond donors (Lipinski definition) is 0. The van der Waals surface area contributed by atoms with Crippen LogP contribution < -0.4 is 0 Å². The second kappa shape index (κ2) is 4.95. The van der Waals surface area contributed by atoms with E-state index in [4.69, 9.17) is 0 Å². The van der Waals surface area contributed by atoms with Gasteiger partial charge in [-0.3, -0.25) is 4.57 Å². The number of thiophene rings is 1. The van der Waals surface area contributed by atoms with Crippen LogP contribution in [-0.4, -0.2) is 14.8 Å². The van der Waals surface area contributed by atoms with E-state index >= 15 is 0 Å². The summed E-state index contributed by atoms with van der Waals surface area (Å²) in [7, 11) is 0. The monoisotopic (exact) mass is 383 g/mol. The molecule has 0 bridgehead atoms. The van der Waals surface area contributed by atoms with Crippen LogP contribution in [0.4, 0.5) is 0 Å². The highest BCUT2D eigenvalue weighted by Crippen LogP contribution is 2.38. The van der Waals surface area contributed by atoms with Gasteiger partial charge in [0, 0.05) is 11.3 Å². The number of para-hydroxylation sites is 1. The van der Waals surface area contributed by atoms with Crippen molar-refractivity contribution in [3.63, 3.8) is 0 Å². The molecule has 0 saturated heterocycles. The van der Waals surface area contributed by atoms with Gasteiger partial charge in [-0.25, -0.2) is 0 Å². The highest BCUT2D eigenvalue weighted by Gasteiger charge is 2.14. The maximum Gasteiger partial charge on any atom is 0.170 e. The van der Waals surface area contributed by atoms with E-state index in [1.165, 1.54) is 0 Å². The van der Waals surface area contributed by atoms with Gasteiger partial charge in [0.2, 0.25) is 0 Å². The molecular weight excluding hydrogens is 378 g/mol. The van der Waals surface area contributed by atoms with Crippen LogP contribution >= 0.6 is 43.2 Å². The predicted molar refractivity (Wildman–Crippen MR) is 80.1 cm³/mol. The molecule has 2 aromatic heterocycles. The number of benzene rings is 1. The lowest BCUT2D eigenvalue weighted by Gasteiger charge is -2.05. The topological polar surface area (TPSA) is 30.7 Å². The molecule has 0 amide bonds. The van der Waals surface area contributed by atoms with E-state index in [-0.39, 0.29) is 0 Å². The molecule has 0 radical (unpaired) electrons. The molecule has 3 nitrogen and oxygen atoms in total. The van der Waals surface area contributed by atoms with Crippen LogP contribution in [0.1, 0.15) is 0 Å². The first-order valence-corrected chi connectivity index (χ1v) is 7.56. The summed E-state index contributed by atoms with van der Waals surface area (Å²) < 4.78 is 4.07. The number of aromatic nitrogens is 3. The van der Waals surface area contributed by atoms with Crippen LogP contribution in [0.5, 0.6) is 0 Å². The standard InChI is InChI=1S/C12H7Br2N3S/c13-10-6-9(11(14)18-10)12-16-15-7-17(12)8-4-2-1-3-5-8/h1-7H. The van der Waals surface area contributed by atoms with Crippen molar-refractivity contribution in [1.29, 1.82) is 0 Å². The van der Waals surface area contributed by atoms with E-state index in [0.29, 0.717) is 0 Å². The van der Waals surface area contributed by atoms with Crippen molar-refractivity contribution in [3.05, 3.63) is 50.3 Å². The van der Waals surface area contributed by atoms with Crippen LogP contribution in [0.15, 0.2) is 50.3 Å². The lowest BCUT2D eigenvalue weighted by Crippen LogP contribution is -1.95. The van der Waals surface area contributed by atoms with Gasteiger partial charge in [0.15, 0.2) is 5.82 Å². The van der Waals surface area contributed by atoms with Crippen molar-refractivity contribution in [2.45, 2.75) is 0 Å². The lowest BCUT2D eigenvalue weighted by molar-refractivity contribution is 1.06. The van der Waals surface area contributed by atoms with Gasteiger partial charge in [0.25, 0.3) is 0 Å². The average molecular weight is 385 g/mol. The van der Waals surface area contributed by atoms with Crippen molar-refractivity contribution in [1.82, 2.24) is 14.8 Å². The van der Waals surface area contributed by atoms with Gasteiger partial charge in [-0.1, -0.05) is 18.2 Å². The van der Waals surface area contributed by atoms with E-state index in [1.54, 1.807) is 17.7 Å². The molecule has 0 aliphatic rings. The zero-order valence-corrected chi connectivity index (χ0v) is 13.0. The Bertz CT molecular complexity index is 676. The Morgan fingerprint density at radius 3 is 2.56 bits per heavy atom. The van der Waals surface area contributed by atoms with Crippen molar-refractivity contribution >= 4 is 43.2 Å². The summed E-state index contributed by atoms with van der Waals surface area (Å²) in [6, 6.07) is 12.1. The molecule has 18 heavy (non-hydrogen) atoms. The fraction of sp³-hybridized carbons (Fsp3) is 0. The molecule has 90 valence electrons. The Balaban J connectivity index is 2.16. The van der Waals surface area contributed by atoms with Gasteiger partial charge < -0.3 is 0 Å². The minimum Gasteiger partial charge on any atom is -0.282 e. The third-order valence-corrected chi connectivity index (χ3v) is 4.82. The minimum atomic E-state index is 0.829. The molecule has 0 aliphatic heterocycles. The molecule has 3 aromatic rings. The average Bonchev–Trinajstić information content (AvgIpc) is 2.96. The van der Waals surface area contributed by atoms with E-state index in [9.17, 15) is 0 Å². The summed E-state index contributed by atoms with van der Waals surface area (Å²) in [6.07, 6.45) is 1.72. The first-order chi connectivity index (χ1) is 8.75. The number of hydrogen-bond acceptors (Lipinski definition) is 3. The summed E-state index contributed by atoms with van der Waals surface area (Å²) >= 11 is 8.66. The highest BCUT2D eigenvalue weighted by molar-refractivity contribution is 9.12. The van der Waals surface area contributed by atoms with E-state index in [0.717, 1.165) is 24.6 Å². The molecule has 2 heterocycles. The molecule has 3 rings (SSSR count). The van der Waals surface area contributed by atoms with Gasteiger partial charge in [0.05, 0.1) is 7.57 Å². The van der Waals surface area contributed by atoms with Crippen LogP contribution in [-0.2, 0) is 0 Å². The fourth-order valence-corrected chi connectivity index (χ4v) is 4.48. The first kappa shape index (κ1) is 12.1.